The van der Waals surface area contributed by atoms with E-state index in [4.69, 9.17) is 4.74 Å². The van der Waals surface area contributed by atoms with Crippen LogP contribution in [0.4, 0.5) is 0 Å². The summed E-state index contributed by atoms with van der Waals surface area (Å²) in [5.74, 6) is 0.842. The Balaban J connectivity index is 2.17. The topological polar surface area (TPSA) is 32.7 Å². The molecular weight excluding hydrogens is 226 g/mol. The van der Waals surface area contributed by atoms with E-state index in [2.05, 4.69) is 18.7 Å². The number of hydrogen-bond donors (Lipinski definition) is 1. The standard InChI is InChI=1S/C15H23NO2/c1-11-6-4-7-12(2)16(11)10-13-8-5-9-14(18-3)15(13)17/h5,8-9,11-12,17H,4,6-7,10H2,1-3H3/t11-,12+. The minimum Gasteiger partial charge on any atom is -0.504 e. The first-order chi connectivity index (χ1) is 8.63. The second-order valence-corrected chi connectivity index (χ2v) is 5.27. The van der Waals surface area contributed by atoms with Gasteiger partial charge in [0, 0.05) is 24.2 Å². The molecule has 0 amide bonds. The van der Waals surface area contributed by atoms with Crippen LogP contribution < -0.4 is 4.74 Å². The smallest absolute Gasteiger partial charge is 0.162 e. The molecule has 0 unspecified atom stereocenters. The van der Waals surface area contributed by atoms with Crippen LogP contribution in [0.1, 0.15) is 38.7 Å². The van der Waals surface area contributed by atoms with Crippen molar-refractivity contribution >= 4 is 0 Å². The normalized spacial score (nSPS) is 25.1. The predicted molar refractivity (Wildman–Crippen MR) is 73.0 cm³/mol. The molecule has 18 heavy (non-hydrogen) atoms. The zero-order chi connectivity index (χ0) is 13.1. The molecule has 1 heterocycles. The van der Waals surface area contributed by atoms with Gasteiger partial charge >= 0.3 is 0 Å². The van der Waals surface area contributed by atoms with E-state index in [0.717, 1.165) is 12.1 Å². The van der Waals surface area contributed by atoms with Crippen molar-refractivity contribution in [1.29, 1.82) is 0 Å². The maximum Gasteiger partial charge on any atom is 0.162 e. The average molecular weight is 249 g/mol. The van der Waals surface area contributed by atoms with Crippen molar-refractivity contribution in [2.45, 2.75) is 51.7 Å². The van der Waals surface area contributed by atoms with Gasteiger partial charge in [0.15, 0.2) is 11.5 Å². The van der Waals surface area contributed by atoms with E-state index in [1.807, 2.05) is 12.1 Å². The number of phenolic OH excluding ortho intramolecular Hbond substituents is 1. The first kappa shape index (κ1) is 13.2. The first-order valence-corrected chi connectivity index (χ1v) is 6.74. The Morgan fingerprint density at radius 1 is 1.28 bits per heavy atom. The third-order valence-electron chi connectivity index (χ3n) is 4.03. The molecule has 1 aromatic rings. The highest BCUT2D eigenvalue weighted by molar-refractivity contribution is 5.45. The fourth-order valence-corrected chi connectivity index (χ4v) is 2.84. The lowest BCUT2D eigenvalue weighted by Crippen LogP contribution is -2.42. The zero-order valence-electron chi connectivity index (χ0n) is 11.5. The van der Waals surface area contributed by atoms with Crippen molar-refractivity contribution < 1.29 is 9.84 Å². The van der Waals surface area contributed by atoms with Gasteiger partial charge in [-0.1, -0.05) is 18.6 Å². The molecular formula is C15H23NO2. The zero-order valence-corrected chi connectivity index (χ0v) is 11.5. The van der Waals surface area contributed by atoms with Gasteiger partial charge in [-0.15, -0.1) is 0 Å². The summed E-state index contributed by atoms with van der Waals surface area (Å²) in [5.41, 5.74) is 0.954. The lowest BCUT2D eigenvalue weighted by molar-refractivity contribution is 0.0942. The number of likely N-dealkylation sites (tertiary alicyclic amines) is 1. The molecule has 100 valence electrons. The molecule has 3 heteroatoms. The Hall–Kier alpha value is -1.22. The van der Waals surface area contributed by atoms with E-state index in [0.29, 0.717) is 17.8 Å². The van der Waals surface area contributed by atoms with E-state index >= 15 is 0 Å². The number of methoxy groups -OCH3 is 1. The highest BCUT2D eigenvalue weighted by atomic mass is 16.5. The van der Waals surface area contributed by atoms with Crippen LogP contribution in [0, 0.1) is 0 Å². The summed E-state index contributed by atoms with van der Waals surface area (Å²) in [7, 11) is 1.59. The second-order valence-electron chi connectivity index (χ2n) is 5.27. The second kappa shape index (κ2) is 5.61. The molecule has 2 rings (SSSR count). The number of ether oxygens (including phenoxy) is 1. The number of para-hydroxylation sites is 1. The molecule has 2 atom stereocenters. The quantitative estimate of drug-likeness (QED) is 0.893. The van der Waals surface area contributed by atoms with Crippen LogP contribution in [0.5, 0.6) is 11.5 Å². The van der Waals surface area contributed by atoms with Crippen LogP contribution in [0.3, 0.4) is 0 Å². The van der Waals surface area contributed by atoms with Crippen LogP contribution in [-0.2, 0) is 6.54 Å². The third kappa shape index (κ3) is 2.61. The van der Waals surface area contributed by atoms with Crippen molar-refractivity contribution in [1.82, 2.24) is 4.90 Å². The van der Waals surface area contributed by atoms with Gasteiger partial charge in [-0.3, -0.25) is 4.90 Å². The minimum atomic E-state index is 0.282. The summed E-state index contributed by atoms with van der Waals surface area (Å²) in [6.07, 6.45) is 3.80. The number of phenols is 1. The van der Waals surface area contributed by atoms with Gasteiger partial charge in [0.1, 0.15) is 0 Å². The summed E-state index contributed by atoms with van der Waals surface area (Å²) in [5, 5.41) is 10.1. The highest BCUT2D eigenvalue weighted by Gasteiger charge is 2.25. The largest absolute Gasteiger partial charge is 0.504 e. The molecule has 1 saturated heterocycles. The molecule has 1 aliphatic heterocycles. The van der Waals surface area contributed by atoms with Crippen molar-refractivity contribution in [3.63, 3.8) is 0 Å². The van der Waals surface area contributed by atoms with E-state index in [1.54, 1.807) is 13.2 Å². The number of hydrogen-bond acceptors (Lipinski definition) is 3. The van der Waals surface area contributed by atoms with E-state index in [9.17, 15) is 5.11 Å². The summed E-state index contributed by atoms with van der Waals surface area (Å²) in [6, 6.07) is 6.87. The predicted octanol–water partition coefficient (Wildman–Crippen LogP) is 3.16. The van der Waals surface area contributed by atoms with Gasteiger partial charge in [-0.05, 0) is 32.8 Å². The maximum absolute atomic E-state index is 10.1. The fraction of sp³-hybridized carbons (Fsp3) is 0.600. The minimum absolute atomic E-state index is 0.282. The molecule has 1 aliphatic rings. The lowest BCUT2D eigenvalue weighted by atomic mass is 9.96. The summed E-state index contributed by atoms with van der Waals surface area (Å²) >= 11 is 0. The van der Waals surface area contributed by atoms with Gasteiger partial charge in [0.05, 0.1) is 7.11 Å². The van der Waals surface area contributed by atoms with Crippen LogP contribution >= 0.6 is 0 Å². The lowest BCUT2D eigenvalue weighted by Gasteiger charge is -2.39. The van der Waals surface area contributed by atoms with Crippen LogP contribution in [0.15, 0.2) is 18.2 Å². The van der Waals surface area contributed by atoms with Crippen LogP contribution in [0.25, 0.3) is 0 Å². The maximum atomic E-state index is 10.1. The molecule has 0 saturated carbocycles. The summed E-state index contributed by atoms with van der Waals surface area (Å²) in [4.78, 5) is 2.47. The molecule has 0 aliphatic carbocycles. The summed E-state index contributed by atoms with van der Waals surface area (Å²) < 4.78 is 5.16. The molecule has 3 nitrogen and oxygen atoms in total. The summed E-state index contributed by atoms with van der Waals surface area (Å²) in [6.45, 7) is 5.34. The Morgan fingerprint density at radius 3 is 2.56 bits per heavy atom. The van der Waals surface area contributed by atoms with Crippen LogP contribution in [0.2, 0.25) is 0 Å². The van der Waals surface area contributed by atoms with E-state index in [-0.39, 0.29) is 5.75 Å². The monoisotopic (exact) mass is 249 g/mol. The highest BCUT2D eigenvalue weighted by Crippen LogP contribution is 2.32. The Bertz CT molecular complexity index is 395. The third-order valence-corrected chi connectivity index (χ3v) is 4.03. The molecule has 0 radical (unpaired) electrons. The van der Waals surface area contributed by atoms with Gasteiger partial charge in [0.25, 0.3) is 0 Å². The van der Waals surface area contributed by atoms with Crippen molar-refractivity contribution in [3.8, 4) is 11.5 Å². The van der Waals surface area contributed by atoms with Crippen molar-refractivity contribution in [2.75, 3.05) is 7.11 Å². The number of benzene rings is 1. The Labute approximate surface area is 109 Å². The van der Waals surface area contributed by atoms with Gasteiger partial charge in [-0.2, -0.15) is 0 Å². The Morgan fingerprint density at radius 2 is 1.94 bits per heavy atom. The van der Waals surface area contributed by atoms with E-state index in [1.165, 1.54) is 19.3 Å². The Kier molecular flexibility index (Phi) is 4.12. The molecule has 1 N–H and O–H groups in total. The van der Waals surface area contributed by atoms with Crippen molar-refractivity contribution in [3.05, 3.63) is 23.8 Å². The molecule has 1 fully saturated rings. The number of aromatic hydroxyl groups is 1. The molecule has 1 aromatic carbocycles. The number of nitrogens with zero attached hydrogens (tertiary/aromatic N) is 1. The van der Waals surface area contributed by atoms with Gasteiger partial charge in [0.2, 0.25) is 0 Å². The molecule has 0 bridgehead atoms. The van der Waals surface area contributed by atoms with Gasteiger partial charge in [-0.25, -0.2) is 0 Å². The van der Waals surface area contributed by atoms with Crippen LogP contribution in [-0.4, -0.2) is 29.2 Å². The van der Waals surface area contributed by atoms with E-state index < -0.39 is 0 Å². The number of rotatable bonds is 3. The van der Waals surface area contributed by atoms with Gasteiger partial charge < -0.3 is 9.84 Å². The van der Waals surface area contributed by atoms with Crippen molar-refractivity contribution in [2.24, 2.45) is 0 Å². The first-order valence-electron chi connectivity index (χ1n) is 6.74. The molecule has 0 spiro atoms. The number of piperidine rings is 1. The average Bonchev–Trinajstić information content (AvgIpc) is 2.36. The fourth-order valence-electron chi connectivity index (χ4n) is 2.84. The SMILES string of the molecule is COc1cccc(CN2[C@H](C)CCC[C@@H]2C)c1O. The molecule has 0 aromatic heterocycles.